The van der Waals surface area contributed by atoms with Crippen LogP contribution in [-0.4, -0.2) is 28.3 Å². The fraction of sp³-hybridized carbons (Fsp3) is 0.818. The third kappa shape index (κ3) is 14.7. The second kappa shape index (κ2) is 7.23. The molecule has 0 saturated heterocycles. The Labute approximate surface area is 104 Å². The molecule has 0 rings (SSSR count). The highest BCUT2D eigenvalue weighted by Gasteiger charge is 2.36. The molecule has 0 aromatic rings. The number of alkyl halides is 3. The number of aliphatic carboxylic acids is 2. The number of carboxylic acids is 2. The maximum Gasteiger partial charge on any atom is 0.392 e. The lowest BCUT2D eigenvalue weighted by atomic mass is 9.93. The molecule has 0 spiro atoms. The predicted octanol–water partition coefficient (Wildman–Crippen LogP) is 3.17. The van der Waals surface area contributed by atoms with Crippen LogP contribution in [0.5, 0.6) is 0 Å². The lowest BCUT2D eigenvalue weighted by Gasteiger charge is -2.13. The van der Waals surface area contributed by atoms with Crippen LogP contribution in [0.2, 0.25) is 0 Å². The number of rotatable bonds is 3. The fourth-order valence-corrected chi connectivity index (χ4v) is 0.831. The van der Waals surface area contributed by atoms with E-state index < -0.39 is 30.5 Å². The topological polar surface area (TPSA) is 74.6 Å². The molecule has 0 aliphatic heterocycles. The summed E-state index contributed by atoms with van der Waals surface area (Å²) in [7, 11) is 0. The van der Waals surface area contributed by atoms with Gasteiger partial charge >= 0.3 is 18.1 Å². The Morgan fingerprint density at radius 3 is 1.50 bits per heavy atom. The van der Waals surface area contributed by atoms with Crippen LogP contribution in [-0.2, 0) is 9.59 Å². The van der Waals surface area contributed by atoms with Gasteiger partial charge in [0, 0.05) is 0 Å². The Kier molecular flexibility index (Phi) is 7.66. The van der Waals surface area contributed by atoms with Crippen molar-refractivity contribution in [3.8, 4) is 0 Å². The molecule has 0 aromatic heterocycles. The molecule has 0 aliphatic rings. The summed E-state index contributed by atoms with van der Waals surface area (Å²) in [6.07, 6.45) is -5.01. The fourth-order valence-electron chi connectivity index (χ4n) is 0.831. The second-order valence-electron chi connectivity index (χ2n) is 5.17. The summed E-state index contributed by atoms with van der Waals surface area (Å²) in [5.74, 6) is -3.91. The van der Waals surface area contributed by atoms with E-state index in [1.807, 2.05) is 20.8 Å². The maximum atomic E-state index is 11.5. The summed E-state index contributed by atoms with van der Waals surface area (Å²) >= 11 is 0. The van der Waals surface area contributed by atoms with Crippen molar-refractivity contribution < 1.29 is 33.0 Å². The Morgan fingerprint density at radius 2 is 1.44 bits per heavy atom. The van der Waals surface area contributed by atoms with E-state index >= 15 is 0 Å². The minimum Gasteiger partial charge on any atom is -0.481 e. The van der Waals surface area contributed by atoms with Crippen molar-refractivity contribution in [2.24, 2.45) is 11.3 Å². The van der Waals surface area contributed by atoms with Crippen molar-refractivity contribution in [1.29, 1.82) is 0 Å². The first-order valence-corrected chi connectivity index (χ1v) is 5.26. The third-order valence-electron chi connectivity index (χ3n) is 1.72. The highest BCUT2D eigenvalue weighted by Crippen LogP contribution is 2.27. The van der Waals surface area contributed by atoms with Gasteiger partial charge < -0.3 is 10.2 Å². The molecule has 18 heavy (non-hydrogen) atoms. The normalized spacial score (nSPS) is 13.3. The third-order valence-corrected chi connectivity index (χ3v) is 1.72. The van der Waals surface area contributed by atoms with Gasteiger partial charge in [-0.1, -0.05) is 27.7 Å². The van der Waals surface area contributed by atoms with Crippen LogP contribution in [0.1, 0.15) is 40.5 Å². The average molecular weight is 272 g/mol. The number of halogens is 3. The average Bonchev–Trinajstić information content (AvgIpc) is 1.95. The summed E-state index contributed by atoms with van der Waals surface area (Å²) in [6.45, 7) is 6.55. The molecule has 0 bridgehead atoms. The van der Waals surface area contributed by atoms with Gasteiger partial charge in [-0.05, 0) is 5.41 Å². The molecule has 1 unspecified atom stereocenters. The first-order chi connectivity index (χ1) is 7.75. The molecule has 0 heterocycles. The van der Waals surface area contributed by atoms with Gasteiger partial charge in [-0.2, -0.15) is 13.2 Å². The Morgan fingerprint density at radius 1 is 1.06 bits per heavy atom. The second-order valence-corrected chi connectivity index (χ2v) is 5.17. The van der Waals surface area contributed by atoms with E-state index in [2.05, 4.69) is 0 Å². The summed E-state index contributed by atoms with van der Waals surface area (Å²) in [5.41, 5.74) is -0.0775. The summed E-state index contributed by atoms with van der Waals surface area (Å²) in [6, 6.07) is 0. The van der Waals surface area contributed by atoms with Gasteiger partial charge in [-0.3, -0.25) is 9.59 Å². The van der Waals surface area contributed by atoms with Crippen molar-refractivity contribution in [3.05, 3.63) is 0 Å². The van der Waals surface area contributed by atoms with Gasteiger partial charge in [0.2, 0.25) is 0 Å². The van der Waals surface area contributed by atoms with E-state index in [-0.39, 0.29) is 11.8 Å². The lowest BCUT2D eigenvalue weighted by molar-refractivity contribution is -0.178. The molecule has 0 aromatic carbocycles. The van der Waals surface area contributed by atoms with Crippen LogP contribution in [0, 0.1) is 11.3 Å². The van der Waals surface area contributed by atoms with Gasteiger partial charge in [-0.15, -0.1) is 0 Å². The van der Waals surface area contributed by atoms with Gasteiger partial charge in [0.25, 0.3) is 0 Å². The zero-order chi connectivity index (χ0) is 15.1. The van der Waals surface area contributed by atoms with Gasteiger partial charge in [0.15, 0.2) is 0 Å². The van der Waals surface area contributed by atoms with Gasteiger partial charge in [0.05, 0.1) is 18.8 Å². The van der Waals surface area contributed by atoms with Crippen molar-refractivity contribution in [2.45, 2.75) is 46.7 Å². The molecule has 0 amide bonds. The Balaban J connectivity index is 0. The zero-order valence-electron chi connectivity index (χ0n) is 10.8. The summed E-state index contributed by atoms with van der Waals surface area (Å²) in [5, 5.41) is 16.2. The summed E-state index contributed by atoms with van der Waals surface area (Å²) in [4.78, 5) is 19.8. The lowest BCUT2D eigenvalue weighted by Crippen LogP contribution is -2.22. The van der Waals surface area contributed by atoms with Crippen molar-refractivity contribution in [3.63, 3.8) is 0 Å². The zero-order valence-corrected chi connectivity index (χ0v) is 10.8. The van der Waals surface area contributed by atoms with Gasteiger partial charge in [-0.25, -0.2) is 0 Å². The van der Waals surface area contributed by atoms with Crippen LogP contribution >= 0.6 is 0 Å². The number of carbonyl (C=O) groups is 2. The van der Waals surface area contributed by atoms with E-state index in [1.165, 1.54) is 0 Å². The minimum atomic E-state index is -4.39. The van der Waals surface area contributed by atoms with Gasteiger partial charge in [0.1, 0.15) is 0 Å². The molecule has 1 atom stereocenters. The van der Waals surface area contributed by atoms with Crippen LogP contribution in [0.3, 0.4) is 0 Å². The first-order valence-electron chi connectivity index (χ1n) is 5.26. The number of hydrogen-bond donors (Lipinski definition) is 2. The van der Waals surface area contributed by atoms with E-state index in [9.17, 15) is 22.8 Å². The SMILES string of the molecule is CC(C)(C)CC(=O)O.CC(CC(=O)O)C(F)(F)F. The molecule has 0 saturated carbocycles. The molecule has 0 radical (unpaired) electrons. The number of carboxylic acid groups (broad SMARTS) is 2. The molecule has 4 nitrogen and oxygen atoms in total. The largest absolute Gasteiger partial charge is 0.481 e. The molecule has 108 valence electrons. The highest BCUT2D eigenvalue weighted by atomic mass is 19.4. The summed E-state index contributed by atoms with van der Waals surface area (Å²) < 4.78 is 34.6. The molecule has 2 N–H and O–H groups in total. The van der Waals surface area contributed by atoms with E-state index in [1.54, 1.807) is 0 Å². The van der Waals surface area contributed by atoms with Crippen LogP contribution < -0.4 is 0 Å². The molecule has 0 fully saturated rings. The van der Waals surface area contributed by atoms with E-state index in [4.69, 9.17) is 10.2 Å². The minimum absolute atomic E-state index is 0.0775. The Bertz CT molecular complexity index is 279. The molecule has 7 heteroatoms. The standard InChI is InChI=1S/C6H12O2.C5H7F3O2/c1-6(2,3)4-5(7)8;1-3(2-4(9)10)5(6,7)8/h4H2,1-3H3,(H,7,8);3H,2H2,1H3,(H,9,10). The number of hydrogen-bond acceptors (Lipinski definition) is 2. The highest BCUT2D eigenvalue weighted by molar-refractivity contribution is 5.67. The monoisotopic (exact) mass is 272 g/mol. The predicted molar refractivity (Wildman–Crippen MR) is 59.2 cm³/mol. The van der Waals surface area contributed by atoms with Crippen LogP contribution in [0.25, 0.3) is 0 Å². The maximum absolute atomic E-state index is 11.5. The molecular weight excluding hydrogens is 253 g/mol. The molecular formula is C11H19F3O4. The van der Waals surface area contributed by atoms with Crippen molar-refractivity contribution in [1.82, 2.24) is 0 Å². The van der Waals surface area contributed by atoms with E-state index in [0.717, 1.165) is 6.92 Å². The quantitative estimate of drug-likeness (QED) is 0.827. The van der Waals surface area contributed by atoms with Crippen LogP contribution in [0.15, 0.2) is 0 Å². The van der Waals surface area contributed by atoms with Crippen LogP contribution in [0.4, 0.5) is 13.2 Å². The van der Waals surface area contributed by atoms with Crippen molar-refractivity contribution in [2.75, 3.05) is 0 Å². The van der Waals surface area contributed by atoms with Crippen molar-refractivity contribution >= 4 is 11.9 Å². The molecule has 0 aliphatic carbocycles. The smallest absolute Gasteiger partial charge is 0.392 e. The Hall–Kier alpha value is -1.27. The van der Waals surface area contributed by atoms with E-state index in [0.29, 0.717) is 0 Å². The first kappa shape index (κ1) is 19.1.